The van der Waals surface area contributed by atoms with Gasteiger partial charge >= 0.3 is 6.18 Å². The topological polar surface area (TPSA) is 81.2 Å². The highest BCUT2D eigenvalue weighted by Crippen LogP contribution is 2.30. The molecule has 1 aromatic heterocycles. The number of aryl methyl sites for hydroxylation is 1. The molecule has 3 aromatic rings. The third-order valence-corrected chi connectivity index (χ3v) is 5.64. The molecule has 0 aliphatic heterocycles. The SMILES string of the molecule is Cc1ccc(S(=O)(=O)Nc2ncc(Br)nc2OCc2cccc(C(F)(F)F)c2)cc1. The minimum absolute atomic E-state index is 0.0154. The number of nitrogens with zero attached hydrogens (tertiary/aromatic N) is 2. The first-order chi connectivity index (χ1) is 14.0. The number of anilines is 1. The average Bonchev–Trinajstić information content (AvgIpc) is 2.68. The van der Waals surface area contributed by atoms with Crippen molar-refractivity contribution in [1.82, 2.24) is 9.97 Å². The largest absolute Gasteiger partial charge is 0.470 e. The van der Waals surface area contributed by atoms with Gasteiger partial charge in [-0.25, -0.2) is 18.4 Å². The third-order valence-electron chi connectivity index (χ3n) is 3.90. The maximum Gasteiger partial charge on any atom is 0.416 e. The van der Waals surface area contributed by atoms with Crippen molar-refractivity contribution >= 4 is 31.8 Å². The molecule has 0 atom stereocenters. The average molecular weight is 502 g/mol. The predicted octanol–water partition coefficient (Wildman–Crippen LogP) is 4.95. The third kappa shape index (κ3) is 5.48. The molecule has 0 spiro atoms. The van der Waals surface area contributed by atoms with Crippen molar-refractivity contribution in [1.29, 1.82) is 0 Å². The number of benzene rings is 2. The van der Waals surface area contributed by atoms with E-state index in [4.69, 9.17) is 4.74 Å². The van der Waals surface area contributed by atoms with Crippen LogP contribution in [0.3, 0.4) is 0 Å². The molecule has 2 aromatic carbocycles. The Balaban J connectivity index is 1.83. The lowest BCUT2D eigenvalue weighted by molar-refractivity contribution is -0.137. The van der Waals surface area contributed by atoms with E-state index in [0.29, 0.717) is 0 Å². The molecular formula is C19H15BrF3N3O3S. The minimum Gasteiger partial charge on any atom is -0.470 e. The van der Waals surface area contributed by atoms with E-state index in [-0.39, 0.29) is 33.4 Å². The first-order valence-electron chi connectivity index (χ1n) is 8.45. The minimum atomic E-state index is -4.49. The Morgan fingerprint density at radius 1 is 1.13 bits per heavy atom. The molecule has 30 heavy (non-hydrogen) atoms. The summed E-state index contributed by atoms with van der Waals surface area (Å²) < 4.78 is 71.9. The number of hydrogen-bond acceptors (Lipinski definition) is 5. The summed E-state index contributed by atoms with van der Waals surface area (Å²) >= 11 is 3.11. The normalized spacial score (nSPS) is 11.9. The van der Waals surface area contributed by atoms with Gasteiger partial charge in [-0.2, -0.15) is 13.2 Å². The number of halogens is 4. The second kappa shape index (κ2) is 8.60. The molecule has 0 amide bonds. The van der Waals surface area contributed by atoms with Gasteiger partial charge in [0.2, 0.25) is 5.82 Å². The van der Waals surface area contributed by atoms with E-state index >= 15 is 0 Å². The molecule has 0 radical (unpaired) electrons. The highest BCUT2D eigenvalue weighted by atomic mass is 79.9. The van der Waals surface area contributed by atoms with Crippen molar-refractivity contribution < 1.29 is 26.3 Å². The van der Waals surface area contributed by atoms with Crippen LogP contribution in [0.15, 0.2) is 64.2 Å². The molecule has 158 valence electrons. The van der Waals surface area contributed by atoms with E-state index in [0.717, 1.165) is 17.7 Å². The fourth-order valence-electron chi connectivity index (χ4n) is 2.42. The molecule has 1 N–H and O–H groups in total. The lowest BCUT2D eigenvalue weighted by Crippen LogP contribution is -2.15. The second-order valence-corrected chi connectivity index (χ2v) is 8.75. The lowest BCUT2D eigenvalue weighted by atomic mass is 10.1. The van der Waals surface area contributed by atoms with Crippen molar-refractivity contribution in [2.24, 2.45) is 0 Å². The van der Waals surface area contributed by atoms with Crippen molar-refractivity contribution in [2.45, 2.75) is 24.6 Å². The van der Waals surface area contributed by atoms with Crippen LogP contribution in [0.25, 0.3) is 0 Å². The van der Waals surface area contributed by atoms with Crippen LogP contribution in [0.2, 0.25) is 0 Å². The van der Waals surface area contributed by atoms with Crippen molar-refractivity contribution in [2.75, 3.05) is 4.72 Å². The van der Waals surface area contributed by atoms with Crippen LogP contribution in [-0.4, -0.2) is 18.4 Å². The van der Waals surface area contributed by atoms with Gasteiger partial charge in [0, 0.05) is 0 Å². The molecular weight excluding hydrogens is 487 g/mol. The molecule has 6 nitrogen and oxygen atoms in total. The molecule has 0 aliphatic carbocycles. The van der Waals surface area contributed by atoms with E-state index in [9.17, 15) is 21.6 Å². The first-order valence-corrected chi connectivity index (χ1v) is 10.7. The molecule has 0 unspecified atom stereocenters. The van der Waals surface area contributed by atoms with E-state index in [1.807, 2.05) is 6.92 Å². The number of ether oxygens (including phenoxy) is 1. The zero-order chi connectivity index (χ0) is 21.9. The summed E-state index contributed by atoms with van der Waals surface area (Å²) in [4.78, 5) is 8.02. The van der Waals surface area contributed by atoms with Gasteiger partial charge in [-0.1, -0.05) is 29.8 Å². The first kappa shape index (κ1) is 22.0. The number of hydrogen-bond donors (Lipinski definition) is 1. The predicted molar refractivity (Wildman–Crippen MR) is 107 cm³/mol. The molecule has 0 aliphatic rings. The van der Waals surface area contributed by atoms with Crippen molar-refractivity contribution in [3.63, 3.8) is 0 Å². The molecule has 0 bridgehead atoms. The number of aromatic nitrogens is 2. The van der Waals surface area contributed by atoms with E-state index < -0.39 is 21.8 Å². The summed E-state index contributed by atoms with van der Waals surface area (Å²) in [6, 6.07) is 10.8. The van der Waals surface area contributed by atoms with Gasteiger partial charge in [0.15, 0.2) is 0 Å². The van der Waals surface area contributed by atoms with Gasteiger partial charge in [-0.15, -0.1) is 0 Å². The van der Waals surface area contributed by atoms with E-state index in [1.165, 1.54) is 30.5 Å². The lowest BCUT2D eigenvalue weighted by Gasteiger charge is -2.13. The van der Waals surface area contributed by atoms with Crippen molar-refractivity contribution in [3.05, 3.63) is 76.0 Å². The Labute approximate surface area is 179 Å². The molecule has 0 fully saturated rings. The Morgan fingerprint density at radius 2 is 1.83 bits per heavy atom. The fourth-order valence-corrected chi connectivity index (χ4v) is 3.69. The van der Waals surface area contributed by atoms with Crippen LogP contribution in [0.5, 0.6) is 5.88 Å². The monoisotopic (exact) mass is 501 g/mol. The van der Waals surface area contributed by atoms with Crippen LogP contribution in [0.1, 0.15) is 16.7 Å². The van der Waals surface area contributed by atoms with Gasteiger partial charge in [0.25, 0.3) is 15.9 Å². The Bertz CT molecular complexity index is 1150. The van der Waals surface area contributed by atoms with Gasteiger partial charge < -0.3 is 4.74 Å². The van der Waals surface area contributed by atoms with Crippen LogP contribution >= 0.6 is 15.9 Å². The number of sulfonamides is 1. The second-order valence-electron chi connectivity index (χ2n) is 6.25. The summed E-state index contributed by atoms with van der Waals surface area (Å²) in [6.07, 6.45) is -3.22. The summed E-state index contributed by atoms with van der Waals surface area (Å²) in [6.45, 7) is 1.55. The zero-order valence-corrected chi connectivity index (χ0v) is 17.8. The van der Waals surface area contributed by atoms with Crippen LogP contribution < -0.4 is 9.46 Å². The number of nitrogens with one attached hydrogen (secondary N) is 1. The van der Waals surface area contributed by atoms with Gasteiger partial charge in [-0.05, 0) is 52.7 Å². The van der Waals surface area contributed by atoms with Gasteiger partial charge in [-0.3, -0.25) is 4.72 Å². The Morgan fingerprint density at radius 3 is 2.50 bits per heavy atom. The van der Waals surface area contributed by atoms with Crippen LogP contribution in [-0.2, 0) is 22.8 Å². The molecule has 3 rings (SSSR count). The van der Waals surface area contributed by atoms with Crippen molar-refractivity contribution in [3.8, 4) is 5.88 Å². The zero-order valence-electron chi connectivity index (χ0n) is 15.4. The van der Waals surface area contributed by atoms with Gasteiger partial charge in [0.05, 0.1) is 16.7 Å². The number of rotatable bonds is 6. The summed E-state index contributed by atoms with van der Waals surface area (Å²) in [5.41, 5.74) is 0.311. The van der Waals surface area contributed by atoms with Crippen LogP contribution in [0, 0.1) is 6.92 Å². The molecule has 11 heteroatoms. The Hall–Kier alpha value is -2.66. The highest BCUT2D eigenvalue weighted by molar-refractivity contribution is 9.10. The number of alkyl halides is 3. The fraction of sp³-hybridized carbons (Fsp3) is 0.158. The van der Waals surface area contributed by atoms with Gasteiger partial charge in [0.1, 0.15) is 11.2 Å². The highest BCUT2D eigenvalue weighted by Gasteiger charge is 2.30. The van der Waals surface area contributed by atoms with E-state index in [1.54, 1.807) is 12.1 Å². The molecule has 0 saturated carbocycles. The summed E-state index contributed by atoms with van der Waals surface area (Å²) in [7, 11) is -3.97. The van der Waals surface area contributed by atoms with Crippen LogP contribution in [0.4, 0.5) is 19.0 Å². The van der Waals surface area contributed by atoms with E-state index in [2.05, 4.69) is 30.6 Å². The Kier molecular flexibility index (Phi) is 6.32. The molecule has 0 saturated heterocycles. The maximum atomic E-state index is 12.9. The standard InChI is InChI=1S/C19H15BrF3N3O3S/c1-12-5-7-15(8-6-12)30(27,28)26-17-18(25-16(20)10-24-17)29-11-13-3-2-4-14(9-13)19(21,22)23/h2-10H,11H2,1H3,(H,24,26). The molecule has 1 heterocycles. The smallest absolute Gasteiger partial charge is 0.416 e. The quantitative estimate of drug-likeness (QED) is 0.516. The maximum absolute atomic E-state index is 12.9. The summed E-state index contributed by atoms with van der Waals surface area (Å²) in [5.74, 6) is -0.372. The summed E-state index contributed by atoms with van der Waals surface area (Å²) in [5, 5.41) is 0.